The van der Waals surface area contributed by atoms with Crippen LogP contribution in [0.4, 0.5) is 0 Å². The van der Waals surface area contributed by atoms with E-state index in [1.54, 1.807) is 0 Å². The lowest BCUT2D eigenvalue weighted by molar-refractivity contribution is -0.227. The number of nitrogens with two attached hydrogens (primary N) is 1. The summed E-state index contributed by atoms with van der Waals surface area (Å²) in [5.41, 5.74) is 5.98. The second-order valence-corrected chi connectivity index (χ2v) is 5.16. The average Bonchev–Trinajstić information content (AvgIpc) is 2.06. The first-order valence-corrected chi connectivity index (χ1v) is 5.60. The van der Waals surface area contributed by atoms with Crippen LogP contribution in [0.25, 0.3) is 0 Å². The van der Waals surface area contributed by atoms with Gasteiger partial charge in [-0.15, -0.1) is 0 Å². The van der Waals surface area contributed by atoms with Crippen LogP contribution in [-0.2, 0) is 9.53 Å². The average molecular weight is 213 g/mol. The normalized spacial score (nSPS) is 39.1. The molecule has 3 rings (SSSR count). The molecule has 0 spiro atoms. The zero-order valence-electron chi connectivity index (χ0n) is 9.16. The molecule has 3 aliphatic rings. The van der Waals surface area contributed by atoms with Crippen LogP contribution >= 0.6 is 0 Å². The van der Waals surface area contributed by atoms with Gasteiger partial charge in [0, 0.05) is 13.2 Å². The van der Waals surface area contributed by atoms with E-state index in [9.17, 15) is 4.79 Å². The molecule has 2 bridgehead atoms. The van der Waals surface area contributed by atoms with Crippen molar-refractivity contribution in [1.82, 2.24) is 0 Å². The number of carboxylic acids is 1. The van der Waals surface area contributed by atoms with Crippen molar-refractivity contribution in [2.75, 3.05) is 13.2 Å². The zero-order valence-corrected chi connectivity index (χ0v) is 9.16. The number of ether oxygens (including phenoxy) is 1. The van der Waals surface area contributed by atoms with Crippen molar-refractivity contribution in [3.8, 4) is 0 Å². The van der Waals surface area contributed by atoms with Crippen molar-refractivity contribution in [3.05, 3.63) is 0 Å². The predicted molar refractivity (Wildman–Crippen MR) is 55.4 cm³/mol. The highest BCUT2D eigenvalue weighted by molar-refractivity contribution is 5.75. The van der Waals surface area contributed by atoms with Crippen LogP contribution in [0.5, 0.6) is 0 Å². The van der Waals surface area contributed by atoms with Gasteiger partial charge in [-0.1, -0.05) is 0 Å². The van der Waals surface area contributed by atoms with Crippen LogP contribution in [0, 0.1) is 10.8 Å². The Hall–Kier alpha value is -0.610. The topological polar surface area (TPSA) is 72.5 Å². The molecule has 0 aromatic carbocycles. The molecule has 0 heterocycles. The minimum absolute atomic E-state index is 0.0714. The standard InChI is InChI=1S/C11H19NO3/c1-2-15-4-3-10-5-11(6-10,7-10)8(12)9(13)14/h8H,2-7,12H2,1H3,(H,13,14). The summed E-state index contributed by atoms with van der Waals surface area (Å²) in [6.07, 6.45) is 4.02. The highest BCUT2D eigenvalue weighted by Crippen LogP contribution is 2.75. The largest absolute Gasteiger partial charge is 0.480 e. The summed E-state index contributed by atoms with van der Waals surface area (Å²) in [6, 6.07) is -0.661. The Kier molecular flexibility index (Phi) is 2.51. The second-order valence-electron chi connectivity index (χ2n) is 5.16. The fraction of sp³-hybridized carbons (Fsp3) is 0.909. The molecular formula is C11H19NO3. The molecule has 4 heteroatoms. The monoisotopic (exact) mass is 213 g/mol. The number of aliphatic carboxylic acids is 1. The van der Waals surface area contributed by atoms with Crippen molar-refractivity contribution in [2.24, 2.45) is 16.6 Å². The van der Waals surface area contributed by atoms with Gasteiger partial charge < -0.3 is 15.6 Å². The van der Waals surface area contributed by atoms with E-state index in [1.165, 1.54) is 0 Å². The van der Waals surface area contributed by atoms with E-state index < -0.39 is 12.0 Å². The molecule has 3 aliphatic carbocycles. The van der Waals surface area contributed by atoms with Crippen molar-refractivity contribution in [2.45, 2.75) is 38.6 Å². The molecule has 3 saturated carbocycles. The fourth-order valence-corrected chi connectivity index (χ4v) is 3.38. The van der Waals surface area contributed by atoms with Gasteiger partial charge >= 0.3 is 5.97 Å². The number of carboxylic acid groups (broad SMARTS) is 1. The molecule has 0 aromatic rings. The first kappa shape index (κ1) is 10.9. The zero-order chi connectivity index (χ0) is 11.1. The second kappa shape index (κ2) is 3.46. The van der Waals surface area contributed by atoms with Gasteiger partial charge in [0.05, 0.1) is 0 Å². The Morgan fingerprint density at radius 2 is 2.13 bits per heavy atom. The van der Waals surface area contributed by atoms with Gasteiger partial charge in [-0.2, -0.15) is 0 Å². The van der Waals surface area contributed by atoms with Gasteiger partial charge in [0.1, 0.15) is 6.04 Å². The van der Waals surface area contributed by atoms with E-state index in [-0.39, 0.29) is 5.41 Å². The molecular weight excluding hydrogens is 194 g/mol. The summed E-state index contributed by atoms with van der Waals surface area (Å²) < 4.78 is 5.32. The summed E-state index contributed by atoms with van der Waals surface area (Å²) in [6.45, 7) is 3.55. The molecule has 4 nitrogen and oxygen atoms in total. The van der Waals surface area contributed by atoms with E-state index in [0.717, 1.165) is 38.9 Å². The summed E-state index contributed by atoms with van der Waals surface area (Å²) in [5.74, 6) is -0.854. The minimum atomic E-state index is -0.854. The lowest BCUT2D eigenvalue weighted by Gasteiger charge is -2.72. The third-order valence-corrected chi connectivity index (χ3v) is 4.09. The first-order chi connectivity index (χ1) is 7.04. The van der Waals surface area contributed by atoms with Crippen LogP contribution in [0.3, 0.4) is 0 Å². The smallest absolute Gasteiger partial charge is 0.321 e. The highest BCUT2D eigenvalue weighted by atomic mass is 16.5. The number of hydrogen-bond donors (Lipinski definition) is 2. The van der Waals surface area contributed by atoms with Crippen LogP contribution < -0.4 is 5.73 Å². The third-order valence-electron chi connectivity index (χ3n) is 4.09. The van der Waals surface area contributed by atoms with Crippen LogP contribution in [0.15, 0.2) is 0 Å². The van der Waals surface area contributed by atoms with Gasteiger partial charge in [-0.25, -0.2) is 0 Å². The van der Waals surface area contributed by atoms with E-state index >= 15 is 0 Å². The van der Waals surface area contributed by atoms with Gasteiger partial charge in [0.15, 0.2) is 0 Å². The van der Waals surface area contributed by atoms with E-state index in [1.807, 2.05) is 6.92 Å². The molecule has 86 valence electrons. The van der Waals surface area contributed by atoms with Gasteiger partial charge in [-0.05, 0) is 43.4 Å². The van der Waals surface area contributed by atoms with E-state index in [0.29, 0.717) is 5.41 Å². The maximum atomic E-state index is 10.8. The molecule has 3 N–H and O–H groups in total. The van der Waals surface area contributed by atoms with Crippen molar-refractivity contribution in [1.29, 1.82) is 0 Å². The minimum Gasteiger partial charge on any atom is -0.480 e. The van der Waals surface area contributed by atoms with E-state index in [2.05, 4.69) is 0 Å². The summed E-state index contributed by atoms with van der Waals surface area (Å²) in [7, 11) is 0. The maximum absolute atomic E-state index is 10.8. The quantitative estimate of drug-likeness (QED) is 0.645. The predicted octanol–water partition coefficient (Wildman–Crippen LogP) is 0.995. The maximum Gasteiger partial charge on any atom is 0.321 e. The van der Waals surface area contributed by atoms with Gasteiger partial charge in [0.2, 0.25) is 0 Å². The Labute approximate surface area is 89.8 Å². The van der Waals surface area contributed by atoms with Crippen molar-refractivity contribution < 1.29 is 14.6 Å². The van der Waals surface area contributed by atoms with Crippen LogP contribution in [0.1, 0.15) is 32.6 Å². The molecule has 0 aromatic heterocycles. The molecule has 0 radical (unpaired) electrons. The lowest BCUT2D eigenvalue weighted by atomic mass is 9.32. The molecule has 0 aliphatic heterocycles. The molecule has 0 amide bonds. The van der Waals surface area contributed by atoms with Gasteiger partial charge in [-0.3, -0.25) is 4.79 Å². The number of hydrogen-bond acceptors (Lipinski definition) is 3. The summed E-state index contributed by atoms with van der Waals surface area (Å²) in [4.78, 5) is 10.8. The lowest BCUT2D eigenvalue weighted by Crippen LogP contribution is -2.70. The van der Waals surface area contributed by atoms with Crippen molar-refractivity contribution in [3.63, 3.8) is 0 Å². The third kappa shape index (κ3) is 1.56. The Balaban J connectivity index is 1.77. The van der Waals surface area contributed by atoms with Crippen LogP contribution in [-0.4, -0.2) is 30.3 Å². The summed E-state index contributed by atoms with van der Waals surface area (Å²) in [5, 5.41) is 8.86. The Morgan fingerprint density at radius 1 is 1.53 bits per heavy atom. The Bertz CT molecular complexity index is 257. The van der Waals surface area contributed by atoms with Crippen molar-refractivity contribution >= 4 is 5.97 Å². The fourth-order valence-electron chi connectivity index (χ4n) is 3.38. The molecule has 1 atom stereocenters. The molecule has 0 saturated heterocycles. The molecule has 3 fully saturated rings. The summed E-state index contributed by atoms with van der Waals surface area (Å²) >= 11 is 0. The van der Waals surface area contributed by atoms with Crippen LogP contribution in [0.2, 0.25) is 0 Å². The van der Waals surface area contributed by atoms with Gasteiger partial charge in [0.25, 0.3) is 0 Å². The number of carbonyl (C=O) groups is 1. The highest BCUT2D eigenvalue weighted by Gasteiger charge is 2.70. The number of rotatable bonds is 6. The molecule has 1 unspecified atom stereocenters. The van der Waals surface area contributed by atoms with E-state index in [4.69, 9.17) is 15.6 Å². The Morgan fingerprint density at radius 3 is 2.60 bits per heavy atom. The first-order valence-electron chi connectivity index (χ1n) is 5.60. The molecule has 15 heavy (non-hydrogen) atoms. The SMILES string of the molecule is CCOCCC12CC(C(N)C(=O)O)(C1)C2.